The van der Waals surface area contributed by atoms with E-state index in [4.69, 9.17) is 0 Å². The monoisotopic (exact) mass is 354 g/mol. The number of hydrogen-bond donors (Lipinski definition) is 2. The largest absolute Gasteiger partial charge is 0.481 e. The normalized spacial score (nSPS) is 11.4. The van der Waals surface area contributed by atoms with Gasteiger partial charge in [0.1, 0.15) is 5.41 Å². The van der Waals surface area contributed by atoms with E-state index in [0.717, 1.165) is 15.7 Å². The van der Waals surface area contributed by atoms with Gasteiger partial charge in [-0.15, -0.1) is 11.3 Å². The molecule has 1 aromatic heterocycles. The summed E-state index contributed by atoms with van der Waals surface area (Å²) in [6, 6.07) is 5.98. The van der Waals surface area contributed by atoms with E-state index in [1.807, 2.05) is 25.1 Å². The molecule has 1 heterocycles. The standard InChI is InChI=1S/C14H15BrN2O2S/c1-8-4-5-10(9(15)6-8)16-13-17-11(7-20-13)14(2,3)12(18)19/h4-7H,1-3H3,(H,16,17)(H,18,19). The van der Waals surface area contributed by atoms with Crippen LogP contribution in [0.15, 0.2) is 28.1 Å². The average Bonchev–Trinajstić information content (AvgIpc) is 2.81. The van der Waals surface area contributed by atoms with Gasteiger partial charge in [-0.1, -0.05) is 6.07 Å². The summed E-state index contributed by atoms with van der Waals surface area (Å²) < 4.78 is 0.951. The molecule has 0 saturated heterocycles. The van der Waals surface area contributed by atoms with Gasteiger partial charge in [-0.25, -0.2) is 4.98 Å². The molecule has 0 bridgehead atoms. The van der Waals surface area contributed by atoms with Crippen LogP contribution in [0.5, 0.6) is 0 Å². The smallest absolute Gasteiger partial charge is 0.315 e. The number of nitrogens with zero attached hydrogens (tertiary/aromatic N) is 1. The Morgan fingerprint density at radius 1 is 1.45 bits per heavy atom. The van der Waals surface area contributed by atoms with Crippen molar-refractivity contribution in [3.05, 3.63) is 39.3 Å². The molecular weight excluding hydrogens is 340 g/mol. The zero-order chi connectivity index (χ0) is 14.9. The lowest BCUT2D eigenvalue weighted by Crippen LogP contribution is -2.28. The summed E-state index contributed by atoms with van der Waals surface area (Å²) >= 11 is 4.89. The second-order valence-corrected chi connectivity index (χ2v) is 6.79. The number of carbonyl (C=O) groups is 1. The number of halogens is 1. The topological polar surface area (TPSA) is 62.2 Å². The Kier molecular flexibility index (Phi) is 4.15. The van der Waals surface area contributed by atoms with E-state index in [1.165, 1.54) is 11.3 Å². The number of nitrogens with one attached hydrogen (secondary N) is 1. The molecule has 20 heavy (non-hydrogen) atoms. The van der Waals surface area contributed by atoms with Crippen LogP contribution in [-0.4, -0.2) is 16.1 Å². The van der Waals surface area contributed by atoms with Gasteiger partial charge in [0.15, 0.2) is 5.13 Å². The fourth-order valence-corrected chi connectivity index (χ4v) is 3.05. The number of aryl methyl sites for hydroxylation is 1. The minimum Gasteiger partial charge on any atom is -0.481 e. The minimum absolute atomic E-state index is 0.556. The Morgan fingerprint density at radius 3 is 2.75 bits per heavy atom. The predicted octanol–water partition coefficient (Wildman–Crippen LogP) is 4.32. The summed E-state index contributed by atoms with van der Waals surface area (Å²) in [6.45, 7) is 5.32. The van der Waals surface area contributed by atoms with Crippen LogP contribution in [0.1, 0.15) is 25.1 Å². The summed E-state index contributed by atoms with van der Waals surface area (Å²) in [5, 5.41) is 14.9. The molecule has 6 heteroatoms. The van der Waals surface area contributed by atoms with Crippen molar-refractivity contribution in [2.45, 2.75) is 26.2 Å². The lowest BCUT2D eigenvalue weighted by molar-refractivity contribution is -0.142. The van der Waals surface area contributed by atoms with Gasteiger partial charge >= 0.3 is 5.97 Å². The molecule has 0 spiro atoms. The molecule has 0 aliphatic rings. The summed E-state index contributed by atoms with van der Waals surface area (Å²) in [7, 11) is 0. The van der Waals surface area contributed by atoms with Crippen molar-refractivity contribution in [1.29, 1.82) is 0 Å². The molecule has 0 amide bonds. The van der Waals surface area contributed by atoms with E-state index in [1.54, 1.807) is 19.2 Å². The van der Waals surface area contributed by atoms with E-state index in [0.29, 0.717) is 10.8 Å². The van der Waals surface area contributed by atoms with Crippen molar-refractivity contribution >= 4 is 44.1 Å². The summed E-state index contributed by atoms with van der Waals surface area (Å²) in [6.07, 6.45) is 0. The quantitative estimate of drug-likeness (QED) is 0.858. The van der Waals surface area contributed by atoms with Crippen LogP contribution in [0.4, 0.5) is 10.8 Å². The van der Waals surface area contributed by atoms with Crippen LogP contribution in [0.3, 0.4) is 0 Å². The molecule has 0 saturated carbocycles. The van der Waals surface area contributed by atoms with Gasteiger partial charge < -0.3 is 10.4 Å². The molecule has 2 rings (SSSR count). The molecule has 0 atom stereocenters. The van der Waals surface area contributed by atoms with Crippen LogP contribution in [0, 0.1) is 6.92 Å². The summed E-state index contributed by atoms with van der Waals surface area (Å²) in [5.41, 5.74) is 1.64. The second kappa shape index (κ2) is 5.54. The number of anilines is 2. The highest BCUT2D eigenvalue weighted by Gasteiger charge is 2.32. The van der Waals surface area contributed by atoms with Crippen LogP contribution in [0.25, 0.3) is 0 Å². The first-order chi connectivity index (χ1) is 9.30. The van der Waals surface area contributed by atoms with Crippen LogP contribution >= 0.6 is 27.3 Å². The zero-order valence-electron chi connectivity index (χ0n) is 11.4. The van der Waals surface area contributed by atoms with Gasteiger partial charge in [0.2, 0.25) is 0 Å². The Labute approximate surface area is 130 Å². The van der Waals surface area contributed by atoms with Gasteiger partial charge in [-0.2, -0.15) is 0 Å². The molecule has 106 valence electrons. The van der Waals surface area contributed by atoms with Crippen molar-refractivity contribution in [1.82, 2.24) is 4.98 Å². The molecule has 0 fully saturated rings. The number of aliphatic carboxylic acids is 1. The maximum Gasteiger partial charge on any atom is 0.315 e. The maximum atomic E-state index is 11.2. The molecule has 0 aliphatic carbocycles. The highest BCUT2D eigenvalue weighted by atomic mass is 79.9. The maximum absolute atomic E-state index is 11.2. The molecule has 0 unspecified atom stereocenters. The third-order valence-corrected chi connectivity index (χ3v) is 4.46. The molecule has 2 N–H and O–H groups in total. The van der Waals surface area contributed by atoms with E-state index in [9.17, 15) is 9.90 Å². The summed E-state index contributed by atoms with van der Waals surface area (Å²) in [4.78, 5) is 15.6. The third-order valence-electron chi connectivity index (χ3n) is 3.05. The predicted molar refractivity (Wildman–Crippen MR) is 84.9 cm³/mol. The molecule has 4 nitrogen and oxygen atoms in total. The molecule has 0 aliphatic heterocycles. The SMILES string of the molecule is Cc1ccc(Nc2nc(C(C)(C)C(=O)O)cs2)c(Br)c1. The fraction of sp³-hybridized carbons (Fsp3) is 0.286. The first-order valence-corrected chi connectivity index (χ1v) is 7.70. The lowest BCUT2D eigenvalue weighted by atomic mass is 9.90. The number of thiazole rings is 1. The second-order valence-electron chi connectivity index (χ2n) is 5.08. The van der Waals surface area contributed by atoms with Crippen LogP contribution in [0.2, 0.25) is 0 Å². The Bertz CT molecular complexity index is 652. The Balaban J connectivity index is 2.24. The first-order valence-electron chi connectivity index (χ1n) is 6.03. The number of aromatic nitrogens is 1. The summed E-state index contributed by atoms with van der Waals surface area (Å²) in [5.74, 6) is -0.883. The highest BCUT2D eigenvalue weighted by Crippen LogP contribution is 2.31. The molecule has 0 radical (unpaired) electrons. The Morgan fingerprint density at radius 2 is 2.15 bits per heavy atom. The van der Waals surface area contributed by atoms with Crippen molar-refractivity contribution < 1.29 is 9.90 Å². The average molecular weight is 355 g/mol. The van der Waals surface area contributed by atoms with Crippen molar-refractivity contribution in [2.24, 2.45) is 0 Å². The number of hydrogen-bond acceptors (Lipinski definition) is 4. The van der Waals surface area contributed by atoms with Crippen molar-refractivity contribution in [3.63, 3.8) is 0 Å². The first kappa shape index (κ1) is 15.0. The molecule has 1 aromatic carbocycles. The van der Waals surface area contributed by atoms with E-state index in [-0.39, 0.29) is 0 Å². The fourth-order valence-electron chi connectivity index (χ4n) is 1.56. The van der Waals surface area contributed by atoms with Crippen molar-refractivity contribution in [2.75, 3.05) is 5.32 Å². The Hall–Kier alpha value is -1.40. The van der Waals surface area contributed by atoms with Crippen molar-refractivity contribution in [3.8, 4) is 0 Å². The van der Waals surface area contributed by atoms with Crippen LogP contribution in [-0.2, 0) is 10.2 Å². The van der Waals surface area contributed by atoms with Gasteiger partial charge in [0, 0.05) is 9.85 Å². The number of carboxylic acids is 1. The van der Waals surface area contributed by atoms with Gasteiger partial charge in [0.25, 0.3) is 0 Å². The van der Waals surface area contributed by atoms with Gasteiger partial charge in [0.05, 0.1) is 11.4 Å². The number of benzene rings is 1. The van der Waals surface area contributed by atoms with E-state index >= 15 is 0 Å². The molecule has 2 aromatic rings. The lowest BCUT2D eigenvalue weighted by Gasteiger charge is -2.15. The van der Waals surface area contributed by atoms with Gasteiger partial charge in [-0.3, -0.25) is 4.79 Å². The van der Waals surface area contributed by atoms with E-state index in [2.05, 4.69) is 26.2 Å². The molecular formula is C14H15BrN2O2S. The number of rotatable bonds is 4. The third kappa shape index (κ3) is 3.02. The van der Waals surface area contributed by atoms with E-state index < -0.39 is 11.4 Å². The highest BCUT2D eigenvalue weighted by molar-refractivity contribution is 9.10. The van der Waals surface area contributed by atoms with Gasteiger partial charge in [-0.05, 0) is 54.4 Å². The van der Waals surface area contributed by atoms with Crippen LogP contribution < -0.4 is 5.32 Å². The number of carboxylic acid groups (broad SMARTS) is 1. The minimum atomic E-state index is -0.985. The zero-order valence-corrected chi connectivity index (χ0v) is 13.8.